The fourth-order valence-corrected chi connectivity index (χ4v) is 3.21. The summed E-state index contributed by atoms with van der Waals surface area (Å²) in [6, 6.07) is 8.19. The van der Waals surface area contributed by atoms with Crippen LogP contribution in [0.15, 0.2) is 41.1 Å². The van der Waals surface area contributed by atoms with Crippen molar-refractivity contribution >= 4 is 45.3 Å². The second-order valence-corrected chi connectivity index (χ2v) is 7.10. The highest BCUT2D eigenvalue weighted by Gasteiger charge is 2.28. The molecule has 1 fully saturated rings. The van der Waals surface area contributed by atoms with Gasteiger partial charge in [0.1, 0.15) is 16.1 Å². The summed E-state index contributed by atoms with van der Waals surface area (Å²) >= 11 is 3.21. The summed E-state index contributed by atoms with van der Waals surface area (Å²) in [7, 11) is 0. The van der Waals surface area contributed by atoms with Crippen LogP contribution in [0.3, 0.4) is 0 Å². The van der Waals surface area contributed by atoms with E-state index in [0.717, 1.165) is 0 Å². The van der Waals surface area contributed by atoms with Gasteiger partial charge in [-0.2, -0.15) is 0 Å². The zero-order valence-corrected chi connectivity index (χ0v) is 16.3. The van der Waals surface area contributed by atoms with E-state index in [1.807, 2.05) is 0 Å². The van der Waals surface area contributed by atoms with Crippen molar-refractivity contribution in [2.75, 3.05) is 23.7 Å². The Bertz CT molecular complexity index is 890. The number of pyridine rings is 2. The first-order valence-corrected chi connectivity index (χ1v) is 9.40. The van der Waals surface area contributed by atoms with Gasteiger partial charge >= 0.3 is 6.09 Å². The molecule has 2 aromatic rings. The van der Waals surface area contributed by atoms with Crippen molar-refractivity contribution in [3.8, 4) is 0 Å². The van der Waals surface area contributed by atoms with Crippen LogP contribution in [0, 0.1) is 5.92 Å². The standard InChI is InChI=1S/C18H18BrN5O4/c19-14-5-1-4-13(22-14)17(26)23-15-7-6-12(9-20-15)21-16(25)11-3-2-8-24(10-11)18(27)28/h1,4-7,9,11H,2-3,8,10H2,(H,21,25)(H,27,28)(H,20,23,26)/t11-/m0/s1. The molecule has 0 bridgehead atoms. The number of rotatable bonds is 4. The number of aromatic nitrogens is 2. The molecule has 28 heavy (non-hydrogen) atoms. The molecule has 0 unspecified atom stereocenters. The Morgan fingerprint density at radius 3 is 2.68 bits per heavy atom. The monoisotopic (exact) mass is 447 g/mol. The lowest BCUT2D eigenvalue weighted by atomic mass is 9.97. The first-order chi connectivity index (χ1) is 13.4. The Morgan fingerprint density at radius 2 is 2.00 bits per heavy atom. The van der Waals surface area contributed by atoms with Crippen molar-refractivity contribution in [3.05, 3.63) is 46.8 Å². The average molecular weight is 448 g/mol. The van der Waals surface area contributed by atoms with E-state index < -0.39 is 17.9 Å². The second-order valence-electron chi connectivity index (χ2n) is 6.29. The molecule has 9 nitrogen and oxygen atoms in total. The van der Waals surface area contributed by atoms with Crippen molar-refractivity contribution < 1.29 is 19.5 Å². The third kappa shape index (κ3) is 5.03. The van der Waals surface area contributed by atoms with Crippen LogP contribution in [-0.2, 0) is 4.79 Å². The molecule has 10 heteroatoms. The van der Waals surface area contributed by atoms with Crippen LogP contribution in [0.5, 0.6) is 0 Å². The number of hydrogen-bond acceptors (Lipinski definition) is 5. The molecule has 2 aromatic heterocycles. The van der Waals surface area contributed by atoms with Crippen LogP contribution in [0.1, 0.15) is 23.3 Å². The Balaban J connectivity index is 1.57. The molecule has 3 amide bonds. The summed E-state index contributed by atoms with van der Waals surface area (Å²) < 4.78 is 0.551. The number of carbonyl (C=O) groups excluding carboxylic acids is 2. The molecule has 3 N–H and O–H groups in total. The predicted molar refractivity (Wildman–Crippen MR) is 105 cm³/mol. The number of halogens is 1. The van der Waals surface area contributed by atoms with Crippen LogP contribution in [0.2, 0.25) is 0 Å². The van der Waals surface area contributed by atoms with Crippen molar-refractivity contribution in [2.24, 2.45) is 5.92 Å². The number of nitrogens with one attached hydrogen (secondary N) is 2. The minimum atomic E-state index is -1.01. The number of amides is 3. The van der Waals surface area contributed by atoms with E-state index in [1.54, 1.807) is 30.3 Å². The van der Waals surface area contributed by atoms with E-state index in [9.17, 15) is 14.4 Å². The molecule has 3 heterocycles. The lowest BCUT2D eigenvalue weighted by Crippen LogP contribution is -2.43. The zero-order chi connectivity index (χ0) is 20.1. The normalized spacial score (nSPS) is 16.3. The highest BCUT2D eigenvalue weighted by molar-refractivity contribution is 9.10. The van der Waals surface area contributed by atoms with Gasteiger partial charge in [0.15, 0.2) is 0 Å². The van der Waals surface area contributed by atoms with Gasteiger partial charge in [0.05, 0.1) is 17.8 Å². The van der Waals surface area contributed by atoms with Gasteiger partial charge in [-0.1, -0.05) is 6.07 Å². The van der Waals surface area contributed by atoms with Crippen LogP contribution in [0.4, 0.5) is 16.3 Å². The molecule has 3 rings (SSSR count). The maximum absolute atomic E-state index is 12.4. The molecule has 0 radical (unpaired) electrons. The first kappa shape index (κ1) is 19.7. The van der Waals surface area contributed by atoms with Gasteiger partial charge in [-0.15, -0.1) is 0 Å². The molecular formula is C18H18BrN5O4. The van der Waals surface area contributed by atoms with Gasteiger partial charge in [-0.05, 0) is 53.0 Å². The molecule has 1 saturated heterocycles. The molecule has 1 aliphatic heterocycles. The largest absolute Gasteiger partial charge is 0.465 e. The minimum absolute atomic E-state index is 0.183. The van der Waals surface area contributed by atoms with Gasteiger partial charge in [0.25, 0.3) is 5.91 Å². The number of anilines is 2. The maximum atomic E-state index is 12.4. The van der Waals surface area contributed by atoms with E-state index in [2.05, 4.69) is 36.5 Å². The van der Waals surface area contributed by atoms with Gasteiger partial charge < -0.3 is 20.6 Å². The van der Waals surface area contributed by atoms with Gasteiger partial charge in [-0.25, -0.2) is 14.8 Å². The highest BCUT2D eigenvalue weighted by atomic mass is 79.9. The van der Waals surface area contributed by atoms with Crippen LogP contribution in [0.25, 0.3) is 0 Å². The fraction of sp³-hybridized carbons (Fsp3) is 0.278. The van der Waals surface area contributed by atoms with Gasteiger partial charge in [-0.3, -0.25) is 9.59 Å². The first-order valence-electron chi connectivity index (χ1n) is 8.61. The second kappa shape index (κ2) is 8.79. The molecule has 1 aliphatic rings. The summed E-state index contributed by atoms with van der Waals surface area (Å²) in [4.78, 5) is 45.0. The molecular weight excluding hydrogens is 430 g/mol. The van der Waals surface area contributed by atoms with E-state index >= 15 is 0 Å². The third-order valence-corrected chi connectivity index (χ3v) is 4.72. The van der Waals surface area contributed by atoms with E-state index in [-0.39, 0.29) is 18.1 Å². The summed E-state index contributed by atoms with van der Waals surface area (Å²) in [5.74, 6) is -0.726. The molecule has 0 aromatic carbocycles. The maximum Gasteiger partial charge on any atom is 0.407 e. The van der Waals surface area contributed by atoms with Crippen LogP contribution < -0.4 is 10.6 Å². The van der Waals surface area contributed by atoms with Crippen molar-refractivity contribution in [1.82, 2.24) is 14.9 Å². The molecule has 146 valence electrons. The number of carbonyl (C=O) groups is 3. The van der Waals surface area contributed by atoms with Crippen molar-refractivity contribution in [3.63, 3.8) is 0 Å². The molecule has 0 saturated carbocycles. The van der Waals surface area contributed by atoms with Crippen LogP contribution >= 0.6 is 15.9 Å². The molecule has 0 spiro atoms. The topological polar surface area (TPSA) is 125 Å². The lowest BCUT2D eigenvalue weighted by Gasteiger charge is -2.29. The number of likely N-dealkylation sites (tertiary alicyclic amines) is 1. The summed E-state index contributed by atoms with van der Waals surface area (Å²) in [5.41, 5.74) is 0.713. The van der Waals surface area contributed by atoms with Gasteiger partial charge in [0.2, 0.25) is 5.91 Å². The minimum Gasteiger partial charge on any atom is -0.465 e. The average Bonchev–Trinajstić information content (AvgIpc) is 2.69. The summed E-state index contributed by atoms with van der Waals surface area (Å²) in [6.45, 7) is 0.629. The fourth-order valence-electron chi connectivity index (χ4n) is 2.87. The summed E-state index contributed by atoms with van der Waals surface area (Å²) in [6.07, 6.45) is 1.70. The summed E-state index contributed by atoms with van der Waals surface area (Å²) in [5, 5.41) is 14.4. The Kier molecular flexibility index (Phi) is 6.19. The third-order valence-electron chi connectivity index (χ3n) is 4.28. The molecule has 1 atom stereocenters. The highest BCUT2D eigenvalue weighted by Crippen LogP contribution is 2.19. The quantitative estimate of drug-likeness (QED) is 0.618. The van der Waals surface area contributed by atoms with Crippen molar-refractivity contribution in [1.29, 1.82) is 0 Å². The van der Waals surface area contributed by atoms with Gasteiger partial charge in [0, 0.05) is 13.1 Å². The Labute approximate surface area is 169 Å². The van der Waals surface area contributed by atoms with E-state index in [0.29, 0.717) is 35.5 Å². The Morgan fingerprint density at radius 1 is 1.18 bits per heavy atom. The lowest BCUT2D eigenvalue weighted by molar-refractivity contribution is -0.121. The zero-order valence-electron chi connectivity index (χ0n) is 14.8. The SMILES string of the molecule is O=C(Nc1ccc(NC(=O)[C@H]2CCCN(C(=O)O)C2)cn1)c1cccc(Br)n1. The van der Waals surface area contributed by atoms with Crippen molar-refractivity contribution in [2.45, 2.75) is 12.8 Å². The number of nitrogens with zero attached hydrogens (tertiary/aromatic N) is 3. The van der Waals surface area contributed by atoms with Crippen LogP contribution in [-0.4, -0.2) is 51.0 Å². The van der Waals surface area contributed by atoms with E-state index in [1.165, 1.54) is 11.1 Å². The smallest absolute Gasteiger partial charge is 0.407 e. The molecule has 0 aliphatic carbocycles. The predicted octanol–water partition coefficient (Wildman–Crippen LogP) is 2.82. The number of hydrogen-bond donors (Lipinski definition) is 3. The van der Waals surface area contributed by atoms with E-state index in [4.69, 9.17) is 5.11 Å². The Hall–Kier alpha value is -3.01. The number of carboxylic acid groups (broad SMARTS) is 1. The number of piperidine rings is 1.